The van der Waals surface area contributed by atoms with Crippen LogP contribution >= 0.6 is 11.8 Å². The number of hydrogen-bond donors (Lipinski definition) is 1. The van der Waals surface area contributed by atoms with Crippen LogP contribution in [0.2, 0.25) is 0 Å². The zero-order chi connectivity index (χ0) is 13.7. The van der Waals surface area contributed by atoms with Crippen LogP contribution in [0.3, 0.4) is 0 Å². The summed E-state index contributed by atoms with van der Waals surface area (Å²) in [6.07, 6.45) is 0. The first-order valence-electron chi connectivity index (χ1n) is 6.12. The molecule has 19 heavy (non-hydrogen) atoms. The summed E-state index contributed by atoms with van der Waals surface area (Å²) in [5.74, 6) is 2.35. The summed E-state index contributed by atoms with van der Waals surface area (Å²) in [6.45, 7) is 1.35. The van der Waals surface area contributed by atoms with Crippen LogP contribution in [0.5, 0.6) is 5.75 Å². The maximum Gasteiger partial charge on any atom is 0.217 e. The third-order valence-electron chi connectivity index (χ3n) is 2.83. The normalized spacial score (nSPS) is 17.3. The second-order valence-corrected chi connectivity index (χ2v) is 7.56. The van der Waals surface area contributed by atoms with Gasteiger partial charge in [0.15, 0.2) is 0 Å². The number of sulfonamides is 1. The molecule has 0 aromatic heterocycles. The Kier molecular flexibility index (Phi) is 4.95. The van der Waals surface area contributed by atoms with E-state index in [0.717, 1.165) is 11.5 Å². The summed E-state index contributed by atoms with van der Waals surface area (Å²) < 4.78 is 31.1. The van der Waals surface area contributed by atoms with Gasteiger partial charge in [0.1, 0.15) is 12.4 Å². The second kappa shape index (κ2) is 6.49. The highest BCUT2D eigenvalue weighted by atomic mass is 32.2. The lowest BCUT2D eigenvalue weighted by molar-refractivity contribution is 0.335. The Morgan fingerprint density at radius 3 is 2.74 bits per heavy atom. The average molecular weight is 302 g/mol. The van der Waals surface area contributed by atoms with Gasteiger partial charge in [-0.2, -0.15) is 11.8 Å². The Balaban J connectivity index is 1.84. The molecule has 5 nitrogen and oxygen atoms in total. The van der Waals surface area contributed by atoms with Crippen molar-refractivity contribution >= 4 is 27.5 Å². The molecule has 2 rings (SSSR count). The molecule has 1 fully saturated rings. The maximum atomic E-state index is 12.1. The van der Waals surface area contributed by atoms with E-state index in [-0.39, 0.29) is 12.4 Å². The molecule has 0 aliphatic carbocycles. The molecule has 7 heteroatoms. The van der Waals surface area contributed by atoms with E-state index in [1.54, 1.807) is 40.3 Å². The van der Waals surface area contributed by atoms with Crippen molar-refractivity contribution in [3.63, 3.8) is 0 Å². The number of hydrogen-bond acceptors (Lipinski definition) is 5. The minimum Gasteiger partial charge on any atom is -0.492 e. The van der Waals surface area contributed by atoms with E-state index in [1.165, 1.54) is 0 Å². The van der Waals surface area contributed by atoms with Crippen LogP contribution in [0.4, 0.5) is 5.69 Å². The van der Waals surface area contributed by atoms with E-state index in [0.29, 0.717) is 24.5 Å². The van der Waals surface area contributed by atoms with Crippen LogP contribution < -0.4 is 10.5 Å². The van der Waals surface area contributed by atoms with Gasteiger partial charge in [-0.05, 0) is 12.1 Å². The lowest BCUT2D eigenvalue weighted by Gasteiger charge is -2.25. The summed E-state index contributed by atoms with van der Waals surface area (Å²) in [4.78, 5) is 0. The fourth-order valence-corrected chi connectivity index (χ4v) is 4.25. The summed E-state index contributed by atoms with van der Waals surface area (Å²) in [5, 5.41) is 0. The van der Waals surface area contributed by atoms with E-state index in [1.807, 2.05) is 0 Å². The molecule has 0 bridgehead atoms. The zero-order valence-electron chi connectivity index (χ0n) is 10.6. The van der Waals surface area contributed by atoms with Crippen molar-refractivity contribution in [2.75, 3.05) is 42.7 Å². The lowest BCUT2D eigenvalue weighted by Crippen LogP contribution is -2.40. The van der Waals surface area contributed by atoms with Crippen LogP contribution in [0, 0.1) is 0 Å². The molecule has 1 aliphatic heterocycles. The Bertz CT molecular complexity index is 513. The predicted octanol–water partition coefficient (Wildman–Crippen LogP) is 1.03. The van der Waals surface area contributed by atoms with E-state index < -0.39 is 10.0 Å². The molecule has 0 unspecified atom stereocenters. The van der Waals surface area contributed by atoms with Gasteiger partial charge in [-0.25, -0.2) is 12.7 Å². The van der Waals surface area contributed by atoms with Crippen molar-refractivity contribution < 1.29 is 13.2 Å². The molecule has 1 aromatic carbocycles. The fourth-order valence-electron chi connectivity index (χ4n) is 1.82. The number of ether oxygens (including phenoxy) is 1. The molecule has 1 aliphatic rings. The highest BCUT2D eigenvalue weighted by molar-refractivity contribution is 7.99. The van der Waals surface area contributed by atoms with Crippen molar-refractivity contribution in [2.45, 2.75) is 0 Å². The molecule has 2 N–H and O–H groups in total. The molecule has 0 atom stereocenters. The van der Waals surface area contributed by atoms with Gasteiger partial charge in [-0.1, -0.05) is 6.07 Å². The first kappa shape index (κ1) is 14.5. The molecular formula is C12H18N2O3S2. The smallest absolute Gasteiger partial charge is 0.217 e. The van der Waals surface area contributed by atoms with Gasteiger partial charge in [0.05, 0.1) is 5.75 Å². The summed E-state index contributed by atoms with van der Waals surface area (Å²) in [6, 6.07) is 6.99. The minimum atomic E-state index is -3.20. The van der Waals surface area contributed by atoms with Gasteiger partial charge in [-0.15, -0.1) is 0 Å². The standard InChI is InChI=1S/C12H18N2O3S2/c13-11-2-1-3-12(10-11)17-6-9-19(15,16)14-4-7-18-8-5-14/h1-3,10H,4-9,13H2. The number of thioether (sulfide) groups is 1. The highest BCUT2D eigenvalue weighted by Crippen LogP contribution is 2.16. The number of benzene rings is 1. The number of nitrogens with zero attached hydrogens (tertiary/aromatic N) is 1. The van der Waals surface area contributed by atoms with Gasteiger partial charge in [-0.3, -0.25) is 0 Å². The number of nitrogen functional groups attached to an aromatic ring is 1. The van der Waals surface area contributed by atoms with E-state index in [9.17, 15) is 8.42 Å². The van der Waals surface area contributed by atoms with Crippen LogP contribution in [-0.2, 0) is 10.0 Å². The summed E-state index contributed by atoms with van der Waals surface area (Å²) >= 11 is 1.79. The molecular weight excluding hydrogens is 284 g/mol. The van der Waals surface area contributed by atoms with Gasteiger partial charge < -0.3 is 10.5 Å². The minimum absolute atomic E-state index is 0.00641. The van der Waals surface area contributed by atoms with Crippen molar-refractivity contribution in [3.8, 4) is 5.75 Å². The number of anilines is 1. The molecule has 106 valence electrons. The number of nitrogens with two attached hydrogens (primary N) is 1. The van der Waals surface area contributed by atoms with E-state index in [2.05, 4.69) is 0 Å². The van der Waals surface area contributed by atoms with Crippen LogP contribution in [0.1, 0.15) is 0 Å². The van der Waals surface area contributed by atoms with Gasteiger partial charge in [0, 0.05) is 36.3 Å². The van der Waals surface area contributed by atoms with Crippen LogP contribution in [0.25, 0.3) is 0 Å². The van der Waals surface area contributed by atoms with Crippen molar-refractivity contribution in [1.82, 2.24) is 4.31 Å². The molecule has 1 saturated heterocycles. The van der Waals surface area contributed by atoms with Gasteiger partial charge >= 0.3 is 0 Å². The maximum absolute atomic E-state index is 12.1. The van der Waals surface area contributed by atoms with Crippen molar-refractivity contribution in [2.24, 2.45) is 0 Å². The number of rotatable bonds is 5. The summed E-state index contributed by atoms with van der Waals surface area (Å²) in [5.41, 5.74) is 6.23. The average Bonchev–Trinajstić information content (AvgIpc) is 2.40. The Labute approximate surface area is 118 Å². The molecule has 0 spiro atoms. The molecule has 0 radical (unpaired) electrons. The van der Waals surface area contributed by atoms with Crippen molar-refractivity contribution in [1.29, 1.82) is 0 Å². The quantitative estimate of drug-likeness (QED) is 0.822. The zero-order valence-corrected chi connectivity index (χ0v) is 12.3. The topological polar surface area (TPSA) is 72.6 Å². The summed E-state index contributed by atoms with van der Waals surface area (Å²) in [7, 11) is -3.20. The first-order valence-corrected chi connectivity index (χ1v) is 8.88. The Hall–Kier alpha value is -0.920. The third kappa shape index (κ3) is 4.29. The Morgan fingerprint density at radius 2 is 2.05 bits per heavy atom. The molecule has 0 saturated carbocycles. The largest absolute Gasteiger partial charge is 0.492 e. The van der Waals surface area contributed by atoms with E-state index in [4.69, 9.17) is 10.5 Å². The van der Waals surface area contributed by atoms with Crippen molar-refractivity contribution in [3.05, 3.63) is 24.3 Å². The van der Waals surface area contributed by atoms with Gasteiger partial charge in [0.25, 0.3) is 0 Å². The van der Waals surface area contributed by atoms with E-state index >= 15 is 0 Å². The van der Waals surface area contributed by atoms with Crippen LogP contribution in [0.15, 0.2) is 24.3 Å². The molecule has 1 aromatic rings. The highest BCUT2D eigenvalue weighted by Gasteiger charge is 2.23. The first-order chi connectivity index (χ1) is 9.08. The van der Waals surface area contributed by atoms with Crippen LogP contribution in [-0.4, -0.2) is 49.7 Å². The second-order valence-electron chi connectivity index (χ2n) is 4.25. The third-order valence-corrected chi connectivity index (χ3v) is 5.61. The molecule has 0 amide bonds. The van der Waals surface area contributed by atoms with Gasteiger partial charge in [0.2, 0.25) is 10.0 Å². The fraction of sp³-hybridized carbons (Fsp3) is 0.500. The monoisotopic (exact) mass is 302 g/mol. The predicted molar refractivity (Wildman–Crippen MR) is 79.0 cm³/mol. The Morgan fingerprint density at radius 1 is 1.32 bits per heavy atom. The lowest BCUT2D eigenvalue weighted by atomic mass is 10.3. The SMILES string of the molecule is Nc1cccc(OCCS(=O)(=O)N2CCSCC2)c1. The molecule has 1 heterocycles.